The molecule has 3 rings (SSSR count). The van der Waals surface area contributed by atoms with E-state index in [1.165, 1.54) is 32.1 Å². The van der Waals surface area contributed by atoms with E-state index in [9.17, 15) is 5.11 Å². The third-order valence-electron chi connectivity index (χ3n) is 5.25. The molecule has 3 atom stereocenters. The number of benzene rings is 1. The van der Waals surface area contributed by atoms with Crippen molar-refractivity contribution in [3.05, 3.63) is 47.8 Å². The molecule has 1 N–H and O–H groups in total. The first-order valence-electron chi connectivity index (χ1n) is 10.6. The molecule has 0 radical (unpaired) electrons. The maximum absolute atomic E-state index is 10.2. The smallest absolute Gasteiger partial charge is 0.114 e. The number of aromatic nitrogens is 3. The van der Waals surface area contributed by atoms with Crippen molar-refractivity contribution < 1.29 is 14.6 Å². The summed E-state index contributed by atoms with van der Waals surface area (Å²) in [6, 6.07) is 9.98. The maximum Gasteiger partial charge on any atom is 0.114 e. The number of rotatable bonds is 12. The standard InChI is InChI=1S/C22H33N3O3/c1-2-3-4-5-6-10-13-19-14-25(24-23-19)15-21-22(20(26)17-27-21)28-16-18-11-8-7-9-12-18/h7-9,11-12,14,20-22,26H,2-6,10,13,15-17H2,1H3/t20-,21+,22-/m0/s1. The van der Waals surface area contributed by atoms with Gasteiger partial charge in [-0.15, -0.1) is 5.10 Å². The lowest BCUT2D eigenvalue weighted by Gasteiger charge is -2.20. The maximum atomic E-state index is 10.2. The zero-order valence-electron chi connectivity index (χ0n) is 16.9. The van der Waals surface area contributed by atoms with Crippen molar-refractivity contribution in [2.75, 3.05) is 6.61 Å². The Morgan fingerprint density at radius 2 is 1.93 bits per heavy atom. The highest BCUT2D eigenvalue weighted by atomic mass is 16.6. The van der Waals surface area contributed by atoms with E-state index in [0.717, 1.165) is 24.1 Å². The van der Waals surface area contributed by atoms with E-state index in [-0.39, 0.29) is 12.2 Å². The quantitative estimate of drug-likeness (QED) is 0.564. The summed E-state index contributed by atoms with van der Waals surface area (Å²) < 4.78 is 13.5. The molecular formula is C22H33N3O3. The van der Waals surface area contributed by atoms with Crippen LogP contribution in [-0.4, -0.2) is 45.0 Å². The Bertz CT molecular complexity index is 677. The molecule has 0 spiro atoms. The Balaban J connectivity index is 1.44. The molecule has 2 heterocycles. The van der Waals surface area contributed by atoms with Gasteiger partial charge in [-0.2, -0.15) is 0 Å². The molecule has 1 aliphatic rings. The average Bonchev–Trinajstić information content (AvgIpc) is 3.30. The van der Waals surface area contributed by atoms with Gasteiger partial charge in [-0.3, -0.25) is 0 Å². The summed E-state index contributed by atoms with van der Waals surface area (Å²) in [4.78, 5) is 0. The van der Waals surface area contributed by atoms with E-state index < -0.39 is 6.10 Å². The number of hydrogen-bond donors (Lipinski definition) is 1. The van der Waals surface area contributed by atoms with Crippen molar-refractivity contribution in [3.8, 4) is 0 Å². The molecule has 0 saturated carbocycles. The highest BCUT2D eigenvalue weighted by molar-refractivity contribution is 5.13. The van der Waals surface area contributed by atoms with Crippen molar-refractivity contribution in [3.63, 3.8) is 0 Å². The van der Waals surface area contributed by atoms with Crippen LogP contribution in [0.1, 0.15) is 56.7 Å². The van der Waals surface area contributed by atoms with Gasteiger partial charge in [0.05, 0.1) is 25.5 Å². The van der Waals surface area contributed by atoms with Crippen molar-refractivity contribution in [1.82, 2.24) is 15.0 Å². The van der Waals surface area contributed by atoms with Gasteiger partial charge in [0, 0.05) is 6.20 Å². The summed E-state index contributed by atoms with van der Waals surface area (Å²) in [5.41, 5.74) is 2.11. The van der Waals surface area contributed by atoms with Crippen LogP contribution in [0.4, 0.5) is 0 Å². The highest BCUT2D eigenvalue weighted by Crippen LogP contribution is 2.21. The fraction of sp³-hybridized carbons (Fsp3) is 0.636. The SMILES string of the molecule is CCCCCCCCc1cn(C[C@H]2OC[C@H](O)[C@@H]2OCc2ccccc2)nn1. The Morgan fingerprint density at radius 1 is 1.14 bits per heavy atom. The minimum atomic E-state index is -0.611. The molecule has 0 amide bonds. The van der Waals surface area contributed by atoms with Crippen LogP contribution >= 0.6 is 0 Å². The van der Waals surface area contributed by atoms with Crippen LogP contribution in [0.15, 0.2) is 36.5 Å². The molecule has 1 fully saturated rings. The van der Waals surface area contributed by atoms with E-state index >= 15 is 0 Å². The van der Waals surface area contributed by atoms with Crippen LogP contribution in [-0.2, 0) is 29.0 Å². The predicted octanol–water partition coefficient (Wildman–Crippen LogP) is 3.53. The lowest BCUT2D eigenvalue weighted by Crippen LogP contribution is -2.35. The number of aryl methyl sites for hydroxylation is 1. The summed E-state index contributed by atoms with van der Waals surface area (Å²) in [5.74, 6) is 0. The first kappa shape index (κ1) is 21.0. The van der Waals surface area contributed by atoms with Crippen molar-refractivity contribution in [1.29, 1.82) is 0 Å². The number of nitrogens with zero attached hydrogens (tertiary/aromatic N) is 3. The van der Waals surface area contributed by atoms with Crippen LogP contribution in [0.25, 0.3) is 0 Å². The van der Waals surface area contributed by atoms with Crippen molar-refractivity contribution in [2.24, 2.45) is 0 Å². The second-order valence-corrected chi connectivity index (χ2v) is 7.65. The Kier molecular flexibility index (Phi) is 8.45. The first-order valence-corrected chi connectivity index (χ1v) is 10.6. The van der Waals surface area contributed by atoms with Gasteiger partial charge in [0.2, 0.25) is 0 Å². The molecule has 2 aromatic rings. The van der Waals surface area contributed by atoms with Gasteiger partial charge in [-0.05, 0) is 18.4 Å². The molecule has 154 valence electrons. The summed E-state index contributed by atoms with van der Waals surface area (Å²) in [6.45, 7) is 3.54. The number of aliphatic hydroxyl groups excluding tert-OH is 1. The average molecular weight is 388 g/mol. The van der Waals surface area contributed by atoms with Gasteiger partial charge in [-0.25, -0.2) is 4.68 Å². The molecule has 1 saturated heterocycles. The number of ether oxygens (including phenoxy) is 2. The highest BCUT2D eigenvalue weighted by Gasteiger charge is 2.37. The minimum absolute atomic E-state index is 0.220. The van der Waals surface area contributed by atoms with Gasteiger partial charge in [0.15, 0.2) is 0 Å². The van der Waals surface area contributed by atoms with Crippen molar-refractivity contribution in [2.45, 2.75) is 83.3 Å². The molecule has 1 aliphatic heterocycles. The summed E-state index contributed by atoms with van der Waals surface area (Å²) >= 11 is 0. The third kappa shape index (κ3) is 6.40. The van der Waals surface area contributed by atoms with Crippen LogP contribution < -0.4 is 0 Å². The molecular weight excluding hydrogens is 354 g/mol. The fourth-order valence-corrected chi connectivity index (χ4v) is 3.61. The number of hydrogen-bond acceptors (Lipinski definition) is 5. The number of unbranched alkanes of at least 4 members (excludes halogenated alkanes) is 5. The van der Waals surface area contributed by atoms with Crippen LogP contribution in [0.2, 0.25) is 0 Å². The van der Waals surface area contributed by atoms with E-state index in [4.69, 9.17) is 9.47 Å². The molecule has 6 nitrogen and oxygen atoms in total. The monoisotopic (exact) mass is 387 g/mol. The van der Waals surface area contributed by atoms with E-state index in [1.807, 2.05) is 41.2 Å². The van der Waals surface area contributed by atoms with Gasteiger partial charge in [0.25, 0.3) is 0 Å². The van der Waals surface area contributed by atoms with Gasteiger partial charge in [-0.1, -0.05) is 74.6 Å². The van der Waals surface area contributed by atoms with E-state index in [2.05, 4.69) is 17.2 Å². The lowest BCUT2D eigenvalue weighted by molar-refractivity contribution is -0.0513. The predicted molar refractivity (Wildman–Crippen MR) is 108 cm³/mol. The molecule has 1 aromatic carbocycles. The molecule has 0 bridgehead atoms. The van der Waals surface area contributed by atoms with Gasteiger partial charge < -0.3 is 14.6 Å². The van der Waals surface area contributed by atoms with Crippen molar-refractivity contribution >= 4 is 0 Å². The van der Waals surface area contributed by atoms with Gasteiger partial charge >= 0.3 is 0 Å². The molecule has 28 heavy (non-hydrogen) atoms. The van der Waals surface area contributed by atoms with E-state index in [0.29, 0.717) is 19.8 Å². The van der Waals surface area contributed by atoms with Crippen LogP contribution in [0.5, 0.6) is 0 Å². The van der Waals surface area contributed by atoms with Crippen LogP contribution in [0.3, 0.4) is 0 Å². The van der Waals surface area contributed by atoms with Crippen LogP contribution in [0, 0.1) is 0 Å². The second-order valence-electron chi connectivity index (χ2n) is 7.65. The Hall–Kier alpha value is -1.76. The lowest BCUT2D eigenvalue weighted by atomic mass is 10.1. The molecule has 0 unspecified atom stereocenters. The summed E-state index contributed by atoms with van der Waals surface area (Å²) in [5, 5.41) is 18.7. The Labute approximate surface area is 167 Å². The normalized spacial score (nSPS) is 22.0. The molecule has 1 aromatic heterocycles. The topological polar surface area (TPSA) is 69.4 Å². The first-order chi connectivity index (χ1) is 13.8. The third-order valence-corrected chi connectivity index (χ3v) is 5.25. The Morgan fingerprint density at radius 3 is 2.75 bits per heavy atom. The molecule has 0 aliphatic carbocycles. The zero-order chi connectivity index (χ0) is 19.6. The second kappa shape index (κ2) is 11.3. The number of aliphatic hydroxyl groups is 1. The zero-order valence-corrected chi connectivity index (χ0v) is 16.9. The minimum Gasteiger partial charge on any atom is -0.388 e. The fourth-order valence-electron chi connectivity index (χ4n) is 3.61. The summed E-state index contributed by atoms with van der Waals surface area (Å²) in [6.07, 6.45) is 9.42. The van der Waals surface area contributed by atoms with E-state index in [1.54, 1.807) is 0 Å². The van der Waals surface area contributed by atoms with Gasteiger partial charge in [0.1, 0.15) is 18.3 Å². The summed E-state index contributed by atoms with van der Waals surface area (Å²) in [7, 11) is 0. The largest absolute Gasteiger partial charge is 0.388 e. The molecule has 6 heteroatoms.